The number of nitrogens with zero attached hydrogens (tertiary/aromatic N) is 6. The predicted octanol–water partition coefficient (Wildman–Crippen LogP) is 0.339. The molecule has 0 bridgehead atoms. The number of allylic oxidation sites excluding steroid dienone is 2. The zero-order valence-electron chi connectivity index (χ0n) is 10.3. The number of oxime groups is 2. The van der Waals surface area contributed by atoms with Crippen LogP contribution in [0, 0.1) is 15.3 Å². The lowest BCUT2D eigenvalue weighted by Crippen LogP contribution is -2.34. The fourth-order valence-electron chi connectivity index (χ4n) is 1.78. The number of hydroxylamine groups is 2. The maximum Gasteiger partial charge on any atom is 0.335 e. The zero-order valence-corrected chi connectivity index (χ0v) is 13.5. The molecule has 0 saturated carbocycles. The van der Waals surface area contributed by atoms with Crippen molar-refractivity contribution in [3.05, 3.63) is 38.1 Å². The van der Waals surface area contributed by atoms with Crippen molar-refractivity contribution in [2.24, 2.45) is 10.3 Å². The summed E-state index contributed by atoms with van der Waals surface area (Å²) in [6.07, 6.45) is 0. The van der Waals surface area contributed by atoms with Crippen molar-refractivity contribution in [2.75, 3.05) is 5.33 Å². The number of hydrogen-bond donors (Lipinski definition) is 0. The summed E-state index contributed by atoms with van der Waals surface area (Å²) in [5.41, 5.74) is -0.703. The van der Waals surface area contributed by atoms with E-state index in [4.69, 9.17) is 0 Å². The third-order valence-corrected chi connectivity index (χ3v) is 3.74. The Morgan fingerprint density at radius 3 is 2.73 bits per heavy atom. The monoisotopic (exact) mass is 438 g/mol. The van der Waals surface area contributed by atoms with Gasteiger partial charge in [0, 0.05) is 5.16 Å². The highest BCUT2D eigenvalue weighted by atomic mass is 79.9. The maximum absolute atomic E-state index is 11.8. The van der Waals surface area contributed by atoms with Crippen LogP contribution in [0.2, 0.25) is 0 Å². The van der Waals surface area contributed by atoms with Gasteiger partial charge in [0.1, 0.15) is 5.71 Å². The largest absolute Gasteiger partial charge is 0.722 e. The second-order valence-electron chi connectivity index (χ2n) is 3.85. The van der Waals surface area contributed by atoms with Gasteiger partial charge in [-0.25, -0.2) is 5.23 Å². The summed E-state index contributed by atoms with van der Waals surface area (Å²) in [5, 5.41) is 34.2. The molecule has 0 aromatic carbocycles. The molecule has 0 aliphatic carbocycles. The van der Waals surface area contributed by atoms with Gasteiger partial charge in [0.2, 0.25) is 5.69 Å². The van der Waals surface area contributed by atoms with Crippen molar-refractivity contribution < 1.29 is 24.3 Å². The quantitative estimate of drug-likeness (QED) is 0.484. The van der Waals surface area contributed by atoms with E-state index in [1.165, 1.54) is 0 Å². The van der Waals surface area contributed by atoms with Crippen LogP contribution in [0.1, 0.15) is 11.4 Å². The van der Waals surface area contributed by atoms with E-state index in [9.17, 15) is 15.3 Å². The Morgan fingerprint density at radius 2 is 2.05 bits per heavy atom. The SMILES string of the molecule is O=[N+]1ON=C(c2c(CBr)no[n+]2[O-])C1=C1C(CBr)=NON1[O-]. The molecule has 14 heteroatoms. The zero-order chi connectivity index (χ0) is 15.9. The molecule has 0 radical (unpaired) electrons. The van der Waals surface area contributed by atoms with Gasteiger partial charge in [0.05, 0.1) is 10.7 Å². The third kappa shape index (κ3) is 2.15. The number of aromatic nitrogens is 2. The molecule has 0 spiro atoms. The van der Waals surface area contributed by atoms with Gasteiger partial charge in [-0.3, -0.25) is 9.57 Å². The Labute approximate surface area is 137 Å². The van der Waals surface area contributed by atoms with Crippen LogP contribution in [0.5, 0.6) is 0 Å². The Morgan fingerprint density at radius 1 is 1.27 bits per heavy atom. The molecule has 0 unspecified atom stereocenters. The van der Waals surface area contributed by atoms with Crippen LogP contribution in [-0.4, -0.2) is 32.1 Å². The molecule has 2 aliphatic heterocycles. The van der Waals surface area contributed by atoms with Gasteiger partial charge in [-0.15, -0.1) is 0 Å². The van der Waals surface area contributed by atoms with Gasteiger partial charge in [-0.1, -0.05) is 37.0 Å². The van der Waals surface area contributed by atoms with Crippen molar-refractivity contribution in [1.82, 2.24) is 10.4 Å². The van der Waals surface area contributed by atoms with Gasteiger partial charge in [0.25, 0.3) is 5.69 Å². The number of alkyl halides is 2. The van der Waals surface area contributed by atoms with Gasteiger partial charge in [-0.2, -0.15) is 0 Å². The summed E-state index contributed by atoms with van der Waals surface area (Å²) in [6, 6.07) is 0. The van der Waals surface area contributed by atoms with Crippen LogP contribution >= 0.6 is 31.9 Å². The first-order chi connectivity index (χ1) is 10.6. The van der Waals surface area contributed by atoms with E-state index in [0.717, 1.165) is 0 Å². The summed E-state index contributed by atoms with van der Waals surface area (Å²) in [7, 11) is 0. The summed E-state index contributed by atoms with van der Waals surface area (Å²) >= 11 is 6.22. The smallest absolute Gasteiger partial charge is 0.335 e. The molecule has 1 aromatic rings. The predicted molar refractivity (Wildman–Crippen MR) is 73.9 cm³/mol. The molecule has 12 nitrogen and oxygen atoms in total. The van der Waals surface area contributed by atoms with E-state index in [0.29, 0.717) is 0 Å². The van der Waals surface area contributed by atoms with Crippen LogP contribution in [0.25, 0.3) is 0 Å². The van der Waals surface area contributed by atoms with Crippen LogP contribution in [0.15, 0.2) is 26.3 Å². The minimum Gasteiger partial charge on any atom is -0.722 e. The van der Waals surface area contributed by atoms with Gasteiger partial charge in [0.15, 0.2) is 15.8 Å². The lowest BCUT2D eigenvalue weighted by molar-refractivity contribution is -0.803. The topological polar surface area (TPSA) is 143 Å². The molecule has 22 heavy (non-hydrogen) atoms. The fraction of sp³-hybridized carbons (Fsp3) is 0.250. The first-order valence-corrected chi connectivity index (χ1v) is 7.72. The minimum absolute atomic E-state index is 0.0114. The molecule has 1 aromatic heterocycles. The van der Waals surface area contributed by atoms with Crippen LogP contribution in [0.3, 0.4) is 0 Å². The van der Waals surface area contributed by atoms with Crippen LogP contribution in [-0.2, 0) is 15.2 Å². The fourth-order valence-corrected chi connectivity index (χ4v) is 2.51. The maximum atomic E-state index is 11.8. The van der Waals surface area contributed by atoms with E-state index in [1.54, 1.807) is 0 Å². The Hall–Kier alpha value is -2.06. The van der Waals surface area contributed by atoms with E-state index in [-0.39, 0.29) is 59.9 Å². The van der Waals surface area contributed by atoms with Crippen molar-refractivity contribution in [1.29, 1.82) is 0 Å². The Balaban J connectivity index is 2.19. The molecular weight excluding hydrogens is 436 g/mol. The van der Waals surface area contributed by atoms with E-state index in [2.05, 4.69) is 61.8 Å². The Bertz CT molecular complexity index is 741. The van der Waals surface area contributed by atoms with Crippen LogP contribution < -0.4 is 4.90 Å². The normalized spacial score (nSPS) is 20.9. The molecule has 2 aliphatic rings. The second kappa shape index (κ2) is 5.62. The Kier molecular flexibility index (Phi) is 3.79. The number of halogens is 2. The molecule has 0 atom stereocenters. The van der Waals surface area contributed by atoms with E-state index in [1.807, 2.05) is 0 Å². The summed E-state index contributed by atoms with van der Waals surface area (Å²) in [4.78, 5) is 20.8. The summed E-state index contributed by atoms with van der Waals surface area (Å²) in [5.74, 6) is 0. The van der Waals surface area contributed by atoms with Gasteiger partial charge >= 0.3 is 11.4 Å². The average Bonchev–Trinajstić information content (AvgIpc) is 3.16. The van der Waals surface area contributed by atoms with Crippen molar-refractivity contribution in [3.8, 4) is 0 Å². The standard InChI is InChI=1S/C8H4Br2N6O6/c9-1-3-6(14(17)20-11-3)5-8(16(19)22-13-5)7-4(2-10)12-21-15(7)18/h1-2H2. The number of hydrogen-bond acceptors (Lipinski definition) is 10. The molecule has 0 N–H and O–H groups in total. The van der Waals surface area contributed by atoms with Gasteiger partial charge in [-0.05, 0) is 14.7 Å². The third-order valence-electron chi connectivity index (χ3n) is 2.68. The molecule has 116 valence electrons. The molecule has 0 saturated heterocycles. The van der Waals surface area contributed by atoms with Crippen LogP contribution in [0.4, 0.5) is 0 Å². The molecule has 0 amide bonds. The van der Waals surface area contributed by atoms with Gasteiger partial charge < -0.3 is 10.4 Å². The highest BCUT2D eigenvalue weighted by Gasteiger charge is 2.48. The number of rotatable bonds is 3. The minimum atomic E-state index is -0.347. The summed E-state index contributed by atoms with van der Waals surface area (Å²) < 4.78 is 4.46. The first kappa shape index (κ1) is 14.9. The van der Waals surface area contributed by atoms with E-state index < -0.39 is 0 Å². The van der Waals surface area contributed by atoms with Crippen molar-refractivity contribution in [2.45, 2.75) is 5.33 Å². The highest BCUT2D eigenvalue weighted by Crippen LogP contribution is 2.27. The second-order valence-corrected chi connectivity index (χ2v) is 4.97. The molecular formula is C8H4Br2N6O6. The lowest BCUT2D eigenvalue weighted by atomic mass is 10.1. The lowest BCUT2D eigenvalue weighted by Gasteiger charge is -2.19. The van der Waals surface area contributed by atoms with E-state index >= 15 is 0 Å². The molecule has 3 heterocycles. The average molecular weight is 440 g/mol. The van der Waals surface area contributed by atoms with Crippen molar-refractivity contribution >= 4 is 43.3 Å². The van der Waals surface area contributed by atoms with Crippen molar-refractivity contribution in [3.63, 3.8) is 0 Å². The first-order valence-electron chi connectivity index (χ1n) is 5.48. The summed E-state index contributed by atoms with van der Waals surface area (Å²) in [6.45, 7) is 0. The highest BCUT2D eigenvalue weighted by molar-refractivity contribution is 9.09. The molecule has 3 rings (SSSR count). The molecule has 0 fully saturated rings.